The third-order valence-corrected chi connectivity index (χ3v) is 5.64. The lowest BCUT2D eigenvalue weighted by Gasteiger charge is -2.38. The smallest absolute Gasteiger partial charge is 0.243 e. The van der Waals surface area contributed by atoms with Crippen molar-refractivity contribution in [3.8, 4) is 0 Å². The Bertz CT molecular complexity index is 681. The number of likely N-dealkylation sites (tertiary alicyclic amines) is 1. The van der Waals surface area contributed by atoms with Crippen LogP contribution in [0.5, 0.6) is 0 Å². The second kappa shape index (κ2) is 8.18. The number of anilines is 1. The SMILES string of the molecule is Cc1noc(C2CCCCN2CCN2CCN(c3ccccc3)CC2)n1. The monoisotopic (exact) mass is 355 g/mol. The van der Waals surface area contributed by atoms with Gasteiger partial charge in [0.1, 0.15) is 0 Å². The van der Waals surface area contributed by atoms with E-state index in [9.17, 15) is 0 Å². The maximum atomic E-state index is 5.47. The van der Waals surface area contributed by atoms with Crippen molar-refractivity contribution in [2.75, 3.05) is 50.7 Å². The molecule has 2 aliphatic rings. The number of piperidine rings is 1. The lowest BCUT2D eigenvalue weighted by Crippen LogP contribution is -2.49. The van der Waals surface area contributed by atoms with E-state index in [1.165, 1.54) is 18.5 Å². The molecular weight excluding hydrogens is 326 g/mol. The summed E-state index contributed by atoms with van der Waals surface area (Å²) in [4.78, 5) is 12.1. The molecule has 140 valence electrons. The number of nitrogens with zero attached hydrogens (tertiary/aromatic N) is 5. The van der Waals surface area contributed by atoms with Crippen LogP contribution in [-0.2, 0) is 0 Å². The summed E-state index contributed by atoms with van der Waals surface area (Å²) in [5.74, 6) is 1.54. The second-order valence-corrected chi connectivity index (χ2v) is 7.39. The third-order valence-electron chi connectivity index (χ3n) is 5.64. The van der Waals surface area contributed by atoms with Crippen LogP contribution in [0.15, 0.2) is 34.9 Å². The molecule has 6 nitrogen and oxygen atoms in total. The van der Waals surface area contributed by atoms with Crippen molar-refractivity contribution in [3.05, 3.63) is 42.0 Å². The maximum Gasteiger partial charge on any atom is 0.243 e. The average Bonchev–Trinajstić information content (AvgIpc) is 3.14. The molecule has 3 heterocycles. The molecule has 0 bridgehead atoms. The fourth-order valence-electron chi connectivity index (χ4n) is 4.13. The summed E-state index contributed by atoms with van der Waals surface area (Å²) in [6.45, 7) is 9.71. The summed E-state index contributed by atoms with van der Waals surface area (Å²) >= 11 is 0. The molecule has 26 heavy (non-hydrogen) atoms. The Kier molecular flexibility index (Phi) is 5.51. The van der Waals surface area contributed by atoms with Gasteiger partial charge in [-0.3, -0.25) is 9.80 Å². The molecule has 0 spiro atoms. The van der Waals surface area contributed by atoms with Crippen LogP contribution in [0.3, 0.4) is 0 Å². The van der Waals surface area contributed by atoms with Gasteiger partial charge in [-0.1, -0.05) is 29.8 Å². The van der Waals surface area contributed by atoms with E-state index in [0.717, 1.165) is 63.9 Å². The van der Waals surface area contributed by atoms with Gasteiger partial charge in [-0.05, 0) is 38.4 Å². The number of aromatic nitrogens is 2. The van der Waals surface area contributed by atoms with Gasteiger partial charge in [0.25, 0.3) is 0 Å². The molecule has 2 fully saturated rings. The number of piperazine rings is 1. The van der Waals surface area contributed by atoms with E-state index in [1.807, 2.05) is 6.92 Å². The fourth-order valence-corrected chi connectivity index (χ4v) is 4.13. The number of aryl methyl sites for hydroxylation is 1. The standard InChI is InChI=1S/C20H29N5O/c1-17-21-20(26-22-17)19-9-5-6-10-25(19)16-13-23-11-14-24(15-12-23)18-7-3-2-4-8-18/h2-4,7-8,19H,5-6,9-16H2,1H3. The highest BCUT2D eigenvalue weighted by Gasteiger charge is 2.29. The van der Waals surface area contributed by atoms with Gasteiger partial charge in [0, 0.05) is 45.0 Å². The summed E-state index contributed by atoms with van der Waals surface area (Å²) in [7, 11) is 0. The zero-order valence-corrected chi connectivity index (χ0v) is 15.7. The minimum absolute atomic E-state index is 0.301. The van der Waals surface area contributed by atoms with Gasteiger partial charge >= 0.3 is 0 Å². The van der Waals surface area contributed by atoms with Crippen LogP contribution < -0.4 is 4.90 Å². The molecule has 0 saturated carbocycles. The highest BCUT2D eigenvalue weighted by molar-refractivity contribution is 5.46. The number of hydrogen-bond acceptors (Lipinski definition) is 6. The Morgan fingerprint density at radius 3 is 2.54 bits per heavy atom. The number of para-hydroxylation sites is 1. The van der Waals surface area contributed by atoms with Crippen LogP contribution >= 0.6 is 0 Å². The van der Waals surface area contributed by atoms with Crippen LogP contribution in [0.25, 0.3) is 0 Å². The first kappa shape index (κ1) is 17.5. The summed E-state index contributed by atoms with van der Waals surface area (Å²) < 4.78 is 5.47. The predicted molar refractivity (Wildman–Crippen MR) is 102 cm³/mol. The second-order valence-electron chi connectivity index (χ2n) is 7.39. The summed E-state index contributed by atoms with van der Waals surface area (Å²) in [6.07, 6.45) is 3.65. The van der Waals surface area contributed by atoms with E-state index in [4.69, 9.17) is 4.52 Å². The van der Waals surface area contributed by atoms with Gasteiger partial charge in [0.2, 0.25) is 5.89 Å². The van der Waals surface area contributed by atoms with E-state index in [-0.39, 0.29) is 0 Å². The number of hydrogen-bond donors (Lipinski definition) is 0. The number of benzene rings is 1. The molecule has 2 saturated heterocycles. The molecule has 0 aliphatic carbocycles. The van der Waals surface area contributed by atoms with E-state index in [1.54, 1.807) is 0 Å². The minimum atomic E-state index is 0.301. The Hall–Kier alpha value is -1.92. The summed E-state index contributed by atoms with van der Waals surface area (Å²) in [6, 6.07) is 11.0. The lowest BCUT2D eigenvalue weighted by atomic mass is 10.0. The van der Waals surface area contributed by atoms with Crippen molar-refractivity contribution in [2.45, 2.75) is 32.2 Å². The largest absolute Gasteiger partial charge is 0.369 e. The number of rotatable bonds is 5. The Morgan fingerprint density at radius 1 is 1.00 bits per heavy atom. The first-order chi connectivity index (χ1) is 12.8. The molecule has 4 rings (SSSR count). The molecule has 6 heteroatoms. The average molecular weight is 355 g/mol. The molecule has 0 radical (unpaired) electrons. The summed E-state index contributed by atoms with van der Waals surface area (Å²) in [5.41, 5.74) is 1.34. The zero-order valence-electron chi connectivity index (χ0n) is 15.7. The molecular formula is C20H29N5O. The van der Waals surface area contributed by atoms with Gasteiger partial charge < -0.3 is 9.42 Å². The quantitative estimate of drug-likeness (QED) is 0.822. The molecule has 2 aliphatic heterocycles. The topological polar surface area (TPSA) is 48.6 Å². The Morgan fingerprint density at radius 2 is 1.81 bits per heavy atom. The molecule has 0 N–H and O–H groups in total. The molecule has 1 unspecified atom stereocenters. The highest BCUT2D eigenvalue weighted by Crippen LogP contribution is 2.29. The van der Waals surface area contributed by atoms with Crippen LogP contribution in [-0.4, -0.2) is 65.8 Å². The summed E-state index contributed by atoms with van der Waals surface area (Å²) in [5, 5.41) is 3.98. The van der Waals surface area contributed by atoms with Gasteiger partial charge in [0.15, 0.2) is 5.82 Å². The van der Waals surface area contributed by atoms with Gasteiger partial charge in [0.05, 0.1) is 6.04 Å². The Labute approximate surface area is 155 Å². The molecule has 0 amide bonds. The molecule has 1 atom stereocenters. The van der Waals surface area contributed by atoms with Crippen molar-refractivity contribution < 1.29 is 4.52 Å². The predicted octanol–water partition coefficient (Wildman–Crippen LogP) is 2.73. The van der Waals surface area contributed by atoms with E-state index >= 15 is 0 Å². The molecule has 1 aromatic heterocycles. The van der Waals surface area contributed by atoms with Crippen molar-refractivity contribution in [1.82, 2.24) is 19.9 Å². The highest BCUT2D eigenvalue weighted by atomic mass is 16.5. The van der Waals surface area contributed by atoms with Gasteiger partial charge in [-0.2, -0.15) is 4.98 Å². The van der Waals surface area contributed by atoms with Crippen molar-refractivity contribution in [3.63, 3.8) is 0 Å². The third kappa shape index (κ3) is 4.07. The lowest BCUT2D eigenvalue weighted by molar-refractivity contribution is 0.101. The van der Waals surface area contributed by atoms with Crippen LogP contribution in [0, 0.1) is 6.92 Å². The van der Waals surface area contributed by atoms with Crippen molar-refractivity contribution >= 4 is 5.69 Å². The van der Waals surface area contributed by atoms with E-state index < -0.39 is 0 Å². The van der Waals surface area contributed by atoms with Crippen molar-refractivity contribution in [2.24, 2.45) is 0 Å². The van der Waals surface area contributed by atoms with Gasteiger partial charge in [-0.25, -0.2) is 0 Å². The Balaban J connectivity index is 1.28. The zero-order chi connectivity index (χ0) is 17.8. The van der Waals surface area contributed by atoms with Crippen LogP contribution in [0.2, 0.25) is 0 Å². The van der Waals surface area contributed by atoms with Crippen molar-refractivity contribution in [1.29, 1.82) is 0 Å². The first-order valence-electron chi connectivity index (χ1n) is 9.86. The minimum Gasteiger partial charge on any atom is -0.369 e. The first-order valence-corrected chi connectivity index (χ1v) is 9.86. The maximum absolute atomic E-state index is 5.47. The fraction of sp³-hybridized carbons (Fsp3) is 0.600. The van der Waals surface area contributed by atoms with E-state index in [0.29, 0.717) is 6.04 Å². The molecule has 1 aromatic carbocycles. The van der Waals surface area contributed by atoms with E-state index in [2.05, 4.69) is 55.2 Å². The van der Waals surface area contributed by atoms with Crippen LogP contribution in [0.4, 0.5) is 5.69 Å². The van der Waals surface area contributed by atoms with Crippen LogP contribution in [0.1, 0.15) is 37.0 Å². The molecule has 2 aromatic rings. The normalized spacial score (nSPS) is 22.7. The van der Waals surface area contributed by atoms with Gasteiger partial charge in [-0.15, -0.1) is 0 Å².